The number of hydrogen-bond acceptors (Lipinski definition) is 4. The lowest BCUT2D eigenvalue weighted by Crippen LogP contribution is -2.53. The van der Waals surface area contributed by atoms with Crippen LogP contribution < -0.4 is 5.32 Å². The fraction of sp³-hybridized carbons (Fsp3) is 0.333. The molecular weight excluding hydrogens is 449 g/mol. The molecule has 0 unspecified atom stereocenters. The Kier molecular flexibility index (Phi) is 5.01. The van der Waals surface area contributed by atoms with E-state index in [1.165, 1.54) is 11.0 Å². The second kappa shape index (κ2) is 7.66. The van der Waals surface area contributed by atoms with Gasteiger partial charge in [0.1, 0.15) is 11.9 Å². The molecule has 3 heterocycles. The van der Waals surface area contributed by atoms with Gasteiger partial charge in [-0.1, -0.05) is 17.7 Å². The predicted octanol–water partition coefficient (Wildman–Crippen LogP) is 3.52. The van der Waals surface area contributed by atoms with Gasteiger partial charge in [0.05, 0.1) is 17.1 Å². The normalized spacial score (nSPS) is 24.1. The summed E-state index contributed by atoms with van der Waals surface area (Å²) in [5.74, 6) is -1.93. The predicted molar refractivity (Wildman–Crippen MR) is 117 cm³/mol. The largest absolute Gasteiger partial charge is 0.327 e. The maximum absolute atomic E-state index is 14.5. The molecule has 0 aliphatic carbocycles. The van der Waals surface area contributed by atoms with Crippen molar-refractivity contribution in [2.24, 2.45) is 0 Å². The molecule has 0 spiro atoms. The highest BCUT2D eigenvalue weighted by atomic mass is 35.5. The first-order valence-electron chi connectivity index (χ1n) is 10.8. The third-order valence-electron chi connectivity index (χ3n) is 6.92. The number of carbonyl (C=O) groups excluding carboxylic acids is 4. The number of nitrogens with one attached hydrogen (secondary N) is 1. The molecule has 7 nitrogen and oxygen atoms in total. The Labute approximate surface area is 194 Å². The highest BCUT2D eigenvalue weighted by Gasteiger charge is 2.43. The summed E-state index contributed by atoms with van der Waals surface area (Å²) in [5.41, 5.74) is 2.59. The van der Waals surface area contributed by atoms with Crippen LogP contribution in [0, 0.1) is 5.82 Å². The fourth-order valence-corrected chi connectivity index (χ4v) is 5.29. The summed E-state index contributed by atoms with van der Waals surface area (Å²) in [6.45, 7) is 3.74. The number of rotatable bonds is 2. The van der Waals surface area contributed by atoms with E-state index in [2.05, 4.69) is 5.32 Å². The minimum atomic E-state index is -0.738. The number of benzene rings is 2. The van der Waals surface area contributed by atoms with Gasteiger partial charge < -0.3 is 9.80 Å². The fourth-order valence-electron chi connectivity index (χ4n) is 5.11. The summed E-state index contributed by atoms with van der Waals surface area (Å²) in [7, 11) is 0. The molecule has 170 valence electrons. The van der Waals surface area contributed by atoms with Gasteiger partial charge in [-0.2, -0.15) is 0 Å². The number of piperidine rings is 1. The van der Waals surface area contributed by atoms with E-state index in [0.717, 1.165) is 5.56 Å². The monoisotopic (exact) mass is 469 g/mol. The second-order valence-corrected chi connectivity index (χ2v) is 9.10. The number of hydrogen-bond donors (Lipinski definition) is 1. The van der Waals surface area contributed by atoms with E-state index < -0.39 is 23.8 Å². The Bertz CT molecular complexity index is 1250. The number of imide groups is 1. The lowest BCUT2D eigenvalue weighted by molar-refractivity contribution is -0.137. The maximum Gasteiger partial charge on any atom is 0.255 e. The molecule has 0 aromatic heterocycles. The highest BCUT2D eigenvalue weighted by Crippen LogP contribution is 2.40. The minimum Gasteiger partial charge on any atom is -0.327 e. The van der Waals surface area contributed by atoms with Crippen molar-refractivity contribution in [3.63, 3.8) is 0 Å². The molecule has 2 aromatic carbocycles. The smallest absolute Gasteiger partial charge is 0.255 e. The van der Waals surface area contributed by atoms with Crippen molar-refractivity contribution in [1.29, 1.82) is 0 Å². The standard InChI is InChI=1S/C24H21ClFN3O4/c1-11-14-5-6-18(25)21(26)17(14)10-28(11)23(32)13-3-4-15-16(9-13)12(2)29(24(15)33)19-7-8-20(30)27-22(19)31/h3-6,9,11-12,19H,7-8,10H2,1-2H3,(H,27,30,31)/t11-,12+,19-/m0/s1. The number of halogens is 2. The Morgan fingerprint density at radius 2 is 1.85 bits per heavy atom. The molecule has 1 saturated heterocycles. The van der Waals surface area contributed by atoms with E-state index in [1.807, 2.05) is 6.92 Å². The summed E-state index contributed by atoms with van der Waals surface area (Å²) in [6, 6.07) is 6.58. The van der Waals surface area contributed by atoms with Crippen LogP contribution >= 0.6 is 11.6 Å². The molecule has 1 fully saturated rings. The lowest BCUT2D eigenvalue weighted by Gasteiger charge is -2.32. The quantitative estimate of drug-likeness (QED) is 0.682. The van der Waals surface area contributed by atoms with Gasteiger partial charge in [-0.05, 0) is 55.7 Å². The Hall–Kier alpha value is -3.26. The lowest BCUT2D eigenvalue weighted by atomic mass is 10.0. The van der Waals surface area contributed by atoms with Crippen LogP contribution in [0.5, 0.6) is 0 Å². The first-order valence-corrected chi connectivity index (χ1v) is 11.1. The van der Waals surface area contributed by atoms with Crippen LogP contribution in [0.15, 0.2) is 30.3 Å². The van der Waals surface area contributed by atoms with E-state index in [1.54, 1.807) is 36.1 Å². The average Bonchev–Trinajstić information content (AvgIpc) is 3.25. The first-order chi connectivity index (χ1) is 15.7. The Morgan fingerprint density at radius 3 is 2.58 bits per heavy atom. The molecule has 3 aliphatic rings. The molecule has 2 aromatic rings. The maximum atomic E-state index is 14.5. The average molecular weight is 470 g/mol. The Balaban J connectivity index is 1.43. The van der Waals surface area contributed by atoms with Crippen molar-refractivity contribution >= 4 is 35.2 Å². The number of nitrogens with zero attached hydrogens (tertiary/aromatic N) is 2. The molecule has 1 N–H and O–H groups in total. The zero-order valence-electron chi connectivity index (χ0n) is 18.0. The van der Waals surface area contributed by atoms with Crippen molar-refractivity contribution in [3.05, 3.63) is 69.0 Å². The molecule has 5 rings (SSSR count). The van der Waals surface area contributed by atoms with Gasteiger partial charge in [0.2, 0.25) is 11.8 Å². The van der Waals surface area contributed by atoms with Crippen LogP contribution in [0.2, 0.25) is 5.02 Å². The van der Waals surface area contributed by atoms with Gasteiger partial charge in [0, 0.05) is 29.7 Å². The van der Waals surface area contributed by atoms with Crippen molar-refractivity contribution < 1.29 is 23.6 Å². The van der Waals surface area contributed by atoms with Crippen molar-refractivity contribution in [3.8, 4) is 0 Å². The van der Waals surface area contributed by atoms with Crippen LogP contribution in [0.4, 0.5) is 4.39 Å². The van der Waals surface area contributed by atoms with Gasteiger partial charge in [-0.3, -0.25) is 24.5 Å². The zero-order chi connectivity index (χ0) is 23.6. The van der Waals surface area contributed by atoms with Crippen molar-refractivity contribution in [1.82, 2.24) is 15.1 Å². The number of fused-ring (bicyclic) bond motifs is 2. The van der Waals surface area contributed by atoms with Crippen LogP contribution in [0.3, 0.4) is 0 Å². The van der Waals surface area contributed by atoms with Crippen LogP contribution in [0.25, 0.3) is 0 Å². The van der Waals surface area contributed by atoms with E-state index in [4.69, 9.17) is 11.6 Å². The molecule has 0 saturated carbocycles. The van der Waals surface area contributed by atoms with Crippen LogP contribution in [-0.4, -0.2) is 39.5 Å². The van der Waals surface area contributed by atoms with Crippen molar-refractivity contribution in [2.45, 2.75) is 51.4 Å². The van der Waals surface area contributed by atoms with Crippen LogP contribution in [-0.2, 0) is 16.1 Å². The number of amides is 4. The van der Waals surface area contributed by atoms with E-state index in [0.29, 0.717) is 22.3 Å². The summed E-state index contributed by atoms with van der Waals surface area (Å²) in [6.07, 6.45) is 0.430. The first kappa shape index (κ1) is 21.6. The molecule has 0 bridgehead atoms. The highest BCUT2D eigenvalue weighted by molar-refractivity contribution is 6.30. The third kappa shape index (κ3) is 3.23. The summed E-state index contributed by atoms with van der Waals surface area (Å²) in [4.78, 5) is 53.3. The van der Waals surface area contributed by atoms with Gasteiger partial charge in [-0.15, -0.1) is 0 Å². The van der Waals surface area contributed by atoms with Gasteiger partial charge in [-0.25, -0.2) is 4.39 Å². The van der Waals surface area contributed by atoms with E-state index in [9.17, 15) is 23.6 Å². The van der Waals surface area contributed by atoms with E-state index in [-0.39, 0.29) is 48.2 Å². The molecular formula is C24H21ClFN3O4. The van der Waals surface area contributed by atoms with Gasteiger partial charge >= 0.3 is 0 Å². The Morgan fingerprint density at radius 1 is 1.09 bits per heavy atom. The molecule has 9 heteroatoms. The third-order valence-corrected chi connectivity index (χ3v) is 7.21. The van der Waals surface area contributed by atoms with Crippen molar-refractivity contribution in [2.75, 3.05) is 0 Å². The summed E-state index contributed by atoms with van der Waals surface area (Å²) in [5, 5.41) is 2.31. The molecule has 0 radical (unpaired) electrons. The molecule has 33 heavy (non-hydrogen) atoms. The summed E-state index contributed by atoms with van der Waals surface area (Å²) < 4.78 is 14.5. The molecule has 3 aliphatic heterocycles. The van der Waals surface area contributed by atoms with E-state index >= 15 is 0 Å². The molecule has 3 atom stereocenters. The van der Waals surface area contributed by atoms with Crippen LogP contribution in [0.1, 0.15) is 76.2 Å². The van der Waals surface area contributed by atoms with Gasteiger partial charge in [0.25, 0.3) is 11.8 Å². The van der Waals surface area contributed by atoms with Gasteiger partial charge in [0.15, 0.2) is 0 Å². The topological polar surface area (TPSA) is 86.8 Å². The second-order valence-electron chi connectivity index (χ2n) is 8.70. The summed E-state index contributed by atoms with van der Waals surface area (Å²) >= 11 is 5.91. The zero-order valence-corrected chi connectivity index (χ0v) is 18.8. The number of carbonyl (C=O) groups is 4. The molecule has 4 amide bonds. The SMILES string of the molecule is C[C@@H]1c2cc(C(=O)N3Cc4c(ccc(Cl)c4F)[C@@H]3C)ccc2C(=O)N1[C@H]1CCC(=O)NC1=O. The minimum absolute atomic E-state index is 0.0219.